The first-order valence-electron chi connectivity index (χ1n) is 9.73. The number of rotatable bonds is 13. The molecule has 1 atom stereocenters. The molecular formula is C21H30Cl2N2O. The van der Waals surface area contributed by atoms with Gasteiger partial charge in [0, 0.05) is 35.6 Å². The summed E-state index contributed by atoms with van der Waals surface area (Å²) >= 11 is 12.5. The molecule has 0 aliphatic carbocycles. The lowest BCUT2D eigenvalue weighted by molar-refractivity contribution is 0.0410. The first-order valence-corrected chi connectivity index (χ1v) is 10.5. The molecule has 5 heteroatoms. The molecule has 0 saturated carbocycles. The fourth-order valence-electron chi connectivity index (χ4n) is 3.06. The van der Waals surface area contributed by atoms with E-state index in [4.69, 9.17) is 27.9 Å². The summed E-state index contributed by atoms with van der Waals surface area (Å²) in [6.45, 7) is 3.86. The van der Waals surface area contributed by atoms with E-state index < -0.39 is 0 Å². The number of unbranched alkanes of at least 4 members (excludes halogenated alkanes) is 6. The minimum atomic E-state index is -0.0257. The number of imidazole rings is 1. The molecule has 2 aromatic rings. The number of ether oxygens (including phenoxy) is 1. The molecular weight excluding hydrogens is 367 g/mol. The van der Waals surface area contributed by atoms with Crippen LogP contribution in [0.25, 0.3) is 0 Å². The zero-order valence-electron chi connectivity index (χ0n) is 15.7. The quantitative estimate of drug-likeness (QED) is 0.337. The maximum absolute atomic E-state index is 6.41. The summed E-state index contributed by atoms with van der Waals surface area (Å²) in [4.78, 5) is 4.10. The molecule has 0 N–H and O–H groups in total. The highest BCUT2D eigenvalue weighted by Crippen LogP contribution is 2.31. The lowest BCUT2D eigenvalue weighted by Crippen LogP contribution is -2.10. The number of aryl methyl sites for hydroxylation is 1. The minimum absolute atomic E-state index is 0.0257. The summed E-state index contributed by atoms with van der Waals surface area (Å²) in [5.41, 5.74) is 1.01. The van der Waals surface area contributed by atoms with Gasteiger partial charge in [0.15, 0.2) is 0 Å². The van der Waals surface area contributed by atoms with Crippen molar-refractivity contribution in [2.24, 2.45) is 0 Å². The highest BCUT2D eigenvalue weighted by Gasteiger charge is 2.16. The molecule has 1 aromatic carbocycles. The van der Waals surface area contributed by atoms with Crippen LogP contribution in [0, 0.1) is 0 Å². The van der Waals surface area contributed by atoms with Crippen molar-refractivity contribution in [3.63, 3.8) is 0 Å². The average Bonchev–Trinajstić information content (AvgIpc) is 3.14. The second kappa shape index (κ2) is 12.4. The number of aromatic nitrogens is 2. The Bertz CT molecular complexity index is 616. The van der Waals surface area contributed by atoms with Gasteiger partial charge in [0.1, 0.15) is 0 Å². The van der Waals surface area contributed by atoms with Gasteiger partial charge in [0.2, 0.25) is 0 Å². The summed E-state index contributed by atoms with van der Waals surface area (Å²) in [6, 6.07) is 5.65. The van der Waals surface area contributed by atoms with Crippen molar-refractivity contribution in [3.8, 4) is 0 Å². The normalized spacial score (nSPS) is 12.4. The Hall–Kier alpha value is -1.03. The minimum Gasteiger partial charge on any atom is -0.373 e. The van der Waals surface area contributed by atoms with Crippen LogP contribution in [-0.2, 0) is 11.3 Å². The van der Waals surface area contributed by atoms with E-state index in [9.17, 15) is 0 Å². The van der Waals surface area contributed by atoms with Gasteiger partial charge in [-0.3, -0.25) is 0 Å². The van der Waals surface area contributed by atoms with Gasteiger partial charge >= 0.3 is 0 Å². The lowest BCUT2D eigenvalue weighted by Gasteiger charge is -2.20. The van der Waals surface area contributed by atoms with Gasteiger partial charge in [-0.05, 0) is 30.5 Å². The fraction of sp³-hybridized carbons (Fsp3) is 0.571. The fourth-order valence-corrected chi connectivity index (χ4v) is 3.59. The van der Waals surface area contributed by atoms with E-state index in [0.717, 1.165) is 31.6 Å². The van der Waals surface area contributed by atoms with E-state index in [2.05, 4.69) is 16.5 Å². The van der Waals surface area contributed by atoms with Crippen LogP contribution in [0.1, 0.15) is 70.0 Å². The zero-order chi connectivity index (χ0) is 18.6. The van der Waals surface area contributed by atoms with Crippen LogP contribution in [0.4, 0.5) is 0 Å². The molecule has 0 spiro atoms. The van der Waals surface area contributed by atoms with Crippen LogP contribution >= 0.6 is 23.2 Å². The van der Waals surface area contributed by atoms with Gasteiger partial charge in [0.05, 0.1) is 12.4 Å². The average molecular weight is 397 g/mol. The first-order chi connectivity index (χ1) is 12.7. The van der Waals surface area contributed by atoms with E-state index in [1.165, 1.54) is 38.5 Å². The Kier molecular flexibility index (Phi) is 10.1. The maximum atomic E-state index is 6.41. The highest BCUT2D eigenvalue weighted by atomic mass is 35.5. The van der Waals surface area contributed by atoms with Crippen molar-refractivity contribution in [1.29, 1.82) is 0 Å². The van der Waals surface area contributed by atoms with Crippen molar-refractivity contribution in [2.75, 3.05) is 6.61 Å². The molecule has 1 heterocycles. The van der Waals surface area contributed by atoms with Gasteiger partial charge in [-0.2, -0.15) is 0 Å². The zero-order valence-corrected chi connectivity index (χ0v) is 17.2. The Morgan fingerprint density at radius 2 is 1.85 bits per heavy atom. The van der Waals surface area contributed by atoms with Gasteiger partial charge in [-0.15, -0.1) is 0 Å². The third-order valence-electron chi connectivity index (χ3n) is 4.58. The summed E-state index contributed by atoms with van der Waals surface area (Å²) in [7, 11) is 0. The van der Waals surface area contributed by atoms with Crippen LogP contribution in [0.5, 0.6) is 0 Å². The van der Waals surface area contributed by atoms with E-state index >= 15 is 0 Å². The topological polar surface area (TPSA) is 27.1 Å². The third-order valence-corrected chi connectivity index (χ3v) is 5.15. The SMILES string of the molecule is CCCCCCCCCOC(CCn1ccnc1)c1ccc(Cl)cc1Cl. The number of benzene rings is 1. The molecule has 144 valence electrons. The Morgan fingerprint density at radius 1 is 1.08 bits per heavy atom. The maximum Gasteiger partial charge on any atom is 0.0945 e. The van der Waals surface area contributed by atoms with Crippen molar-refractivity contribution >= 4 is 23.2 Å². The molecule has 0 fully saturated rings. The second-order valence-electron chi connectivity index (χ2n) is 6.74. The summed E-state index contributed by atoms with van der Waals surface area (Å²) < 4.78 is 8.28. The Labute approximate surface area is 167 Å². The largest absolute Gasteiger partial charge is 0.373 e. The first kappa shape index (κ1) is 21.3. The van der Waals surface area contributed by atoms with Gasteiger partial charge in [0.25, 0.3) is 0 Å². The highest BCUT2D eigenvalue weighted by molar-refractivity contribution is 6.35. The molecule has 0 bridgehead atoms. The van der Waals surface area contributed by atoms with Gasteiger partial charge < -0.3 is 9.30 Å². The van der Waals surface area contributed by atoms with Crippen molar-refractivity contribution in [3.05, 3.63) is 52.5 Å². The van der Waals surface area contributed by atoms with Crippen LogP contribution < -0.4 is 0 Å². The molecule has 0 aliphatic heterocycles. The predicted octanol–water partition coefficient (Wildman–Crippen LogP) is 7.09. The monoisotopic (exact) mass is 396 g/mol. The molecule has 0 aliphatic rings. The Balaban J connectivity index is 1.82. The van der Waals surface area contributed by atoms with Crippen molar-refractivity contribution in [2.45, 2.75) is 70.9 Å². The molecule has 0 amide bonds. The summed E-state index contributed by atoms with van der Waals surface area (Å²) in [5.74, 6) is 0. The number of hydrogen-bond acceptors (Lipinski definition) is 2. The third kappa shape index (κ3) is 7.69. The molecule has 1 unspecified atom stereocenters. The molecule has 0 saturated heterocycles. The Morgan fingerprint density at radius 3 is 2.54 bits per heavy atom. The summed E-state index contributed by atoms with van der Waals surface area (Å²) in [5, 5.41) is 1.33. The van der Waals surface area contributed by atoms with Crippen molar-refractivity contribution < 1.29 is 4.74 Å². The standard InChI is InChI=1S/C21H30Cl2N2O/c1-2-3-4-5-6-7-8-15-26-21(11-13-25-14-12-24-17-25)19-10-9-18(22)16-20(19)23/h9-10,12,14,16-17,21H,2-8,11,13,15H2,1H3. The van der Waals surface area contributed by atoms with E-state index in [0.29, 0.717) is 10.0 Å². The molecule has 26 heavy (non-hydrogen) atoms. The summed E-state index contributed by atoms with van der Waals surface area (Å²) in [6.07, 6.45) is 15.4. The molecule has 3 nitrogen and oxygen atoms in total. The van der Waals surface area contributed by atoms with E-state index in [1.807, 2.05) is 24.7 Å². The smallest absolute Gasteiger partial charge is 0.0945 e. The van der Waals surface area contributed by atoms with Gasteiger partial charge in [-0.1, -0.05) is 74.7 Å². The molecule has 2 rings (SSSR count). The van der Waals surface area contributed by atoms with Crippen LogP contribution in [0.2, 0.25) is 10.0 Å². The predicted molar refractivity (Wildman–Crippen MR) is 110 cm³/mol. The lowest BCUT2D eigenvalue weighted by atomic mass is 10.1. The number of halogens is 2. The van der Waals surface area contributed by atoms with Crippen molar-refractivity contribution in [1.82, 2.24) is 9.55 Å². The molecule has 1 aromatic heterocycles. The van der Waals surface area contributed by atoms with Crippen LogP contribution in [0.15, 0.2) is 36.9 Å². The second-order valence-corrected chi connectivity index (χ2v) is 7.58. The number of hydrogen-bond donors (Lipinski definition) is 0. The molecule has 0 radical (unpaired) electrons. The van der Waals surface area contributed by atoms with E-state index in [1.54, 1.807) is 12.3 Å². The number of nitrogens with zero attached hydrogens (tertiary/aromatic N) is 2. The van der Waals surface area contributed by atoms with Crippen LogP contribution in [-0.4, -0.2) is 16.2 Å². The van der Waals surface area contributed by atoms with Crippen LogP contribution in [0.3, 0.4) is 0 Å². The van der Waals surface area contributed by atoms with E-state index in [-0.39, 0.29) is 6.10 Å². The van der Waals surface area contributed by atoms with Gasteiger partial charge in [-0.25, -0.2) is 4.98 Å².